The predicted molar refractivity (Wildman–Crippen MR) is 98.8 cm³/mol. The van der Waals surface area contributed by atoms with Gasteiger partial charge in [-0.05, 0) is 54.9 Å². The molecule has 4 nitrogen and oxygen atoms in total. The van der Waals surface area contributed by atoms with Crippen LogP contribution in [-0.4, -0.2) is 36.6 Å². The number of carboxylic acid groups (broad SMARTS) is 1. The molecule has 0 aliphatic carbocycles. The zero-order valence-electron chi connectivity index (χ0n) is 22.9. The molecule has 0 bridgehead atoms. The van der Waals surface area contributed by atoms with Crippen LogP contribution in [0.5, 0.6) is 5.75 Å². The Balaban J connectivity index is 2.51. The number of rotatable bonds is 5. The van der Waals surface area contributed by atoms with Gasteiger partial charge in [-0.1, -0.05) is 36.3 Å². The van der Waals surface area contributed by atoms with Gasteiger partial charge in [0.2, 0.25) is 0 Å². The Kier molecular flexibility index (Phi) is 2.77. The lowest BCUT2D eigenvalue weighted by Crippen LogP contribution is -2.12. The molecule has 1 aliphatic heterocycles. The molecule has 0 atom stereocenters. The van der Waals surface area contributed by atoms with Crippen molar-refractivity contribution in [2.45, 2.75) is 19.4 Å². The zero-order chi connectivity index (χ0) is 25.7. The number of carboxylic acids is 1. The van der Waals surface area contributed by atoms with Crippen molar-refractivity contribution >= 4 is 11.5 Å². The minimum absolute atomic E-state index is 0.0112. The summed E-state index contributed by atoms with van der Waals surface area (Å²) in [4.78, 5) is 12.2. The highest BCUT2D eigenvalue weighted by Crippen LogP contribution is 2.37. The molecule has 1 N–H and O–H groups in total. The zero-order valence-corrected chi connectivity index (χ0v) is 13.9. The molecule has 2 aromatic carbocycles. The summed E-state index contributed by atoms with van der Waals surface area (Å²) >= 11 is 0. The molecule has 0 saturated carbocycles. The van der Waals surface area contributed by atoms with Gasteiger partial charge in [0.1, 0.15) is 12.4 Å². The largest absolute Gasteiger partial charge is 0.488 e. The molecule has 1 heterocycles. The summed E-state index contributed by atoms with van der Waals surface area (Å²) in [6.07, 6.45) is -3.33. The van der Waals surface area contributed by atoms with Crippen LogP contribution >= 0.6 is 0 Å². The van der Waals surface area contributed by atoms with Crippen LogP contribution in [0.25, 0.3) is 5.57 Å². The van der Waals surface area contributed by atoms with Crippen LogP contribution in [0.4, 0.5) is 0 Å². The minimum Gasteiger partial charge on any atom is -0.488 e. The Labute approximate surface area is 161 Å². The first-order valence-corrected chi connectivity index (χ1v) is 7.59. The van der Waals surface area contributed by atoms with E-state index < -0.39 is 49.1 Å². The van der Waals surface area contributed by atoms with Gasteiger partial charge in [0, 0.05) is 17.5 Å². The van der Waals surface area contributed by atoms with Crippen LogP contribution < -0.4 is 4.74 Å². The van der Waals surface area contributed by atoms with Crippen molar-refractivity contribution in [3.05, 3.63) is 70.7 Å². The molecule has 2 aromatic rings. The van der Waals surface area contributed by atoms with Crippen molar-refractivity contribution in [3.8, 4) is 5.75 Å². The van der Waals surface area contributed by atoms with E-state index in [1.807, 2.05) is 0 Å². The first-order valence-electron chi connectivity index (χ1n) is 12.1. The number of hydrogen-bond donors (Lipinski definition) is 1. The third-order valence-electron chi connectivity index (χ3n) is 3.52. The van der Waals surface area contributed by atoms with E-state index >= 15 is 0 Å². The van der Waals surface area contributed by atoms with E-state index in [9.17, 15) is 9.90 Å². The average Bonchev–Trinajstić information content (AvgIpc) is 2.91. The van der Waals surface area contributed by atoms with Crippen molar-refractivity contribution in [2.24, 2.45) is 0 Å². The minimum atomic E-state index is -2.94. The first-order chi connectivity index (χ1) is 15.6. The molecule has 0 aromatic heterocycles. The second-order valence-electron chi connectivity index (χ2n) is 5.67. The second-order valence-corrected chi connectivity index (χ2v) is 5.67. The van der Waals surface area contributed by atoms with Crippen LogP contribution in [0, 0.1) is 0 Å². The third kappa shape index (κ3) is 4.09. The van der Waals surface area contributed by atoms with Gasteiger partial charge in [-0.15, -0.1) is 0 Å². The van der Waals surface area contributed by atoms with Crippen LogP contribution in [0.1, 0.15) is 41.0 Å². The first kappa shape index (κ1) is 9.20. The summed E-state index contributed by atoms with van der Waals surface area (Å²) in [5, 5.41) is 9.21. The average molecular weight is 346 g/mol. The van der Waals surface area contributed by atoms with E-state index in [1.54, 1.807) is 0 Å². The van der Waals surface area contributed by atoms with E-state index in [1.165, 1.54) is 32.3 Å². The fourth-order valence-corrected chi connectivity index (χ4v) is 2.46. The van der Waals surface area contributed by atoms with Gasteiger partial charge >= 0.3 is 5.97 Å². The Morgan fingerprint density at radius 2 is 2.20 bits per heavy atom. The smallest absolute Gasteiger partial charge is 0.307 e. The summed E-state index contributed by atoms with van der Waals surface area (Å²) in [5.41, 5.74) is -0.132. The van der Waals surface area contributed by atoms with Crippen molar-refractivity contribution in [3.63, 3.8) is 0 Å². The Hall–Kier alpha value is -2.59. The summed E-state index contributed by atoms with van der Waals surface area (Å²) in [6, 6.07) is 1.33. The van der Waals surface area contributed by atoms with E-state index in [2.05, 4.69) is 0 Å². The predicted octanol–water partition coefficient (Wildman–Crippen LogP) is 3.59. The Morgan fingerprint density at radius 1 is 1.40 bits per heavy atom. The molecule has 0 saturated heterocycles. The highest BCUT2D eigenvalue weighted by atomic mass is 16.5. The van der Waals surface area contributed by atoms with Gasteiger partial charge in [-0.2, -0.15) is 0 Å². The molecular formula is C21H23NO3. The molecule has 0 unspecified atom stereocenters. The standard InChI is InChI=1S/C21H23NO3/c1-22(2)11-5-8-18-17-7-4-3-6-16(17)14-25-20-10-9-15(12-19(18)20)13-21(23)24/h3-4,6-10,12H,5,11,13-14H2,1-2H3,(H,23,24)/b18-8-/i3D,4D,5D2,6D,7D,8D,11D2. The van der Waals surface area contributed by atoms with Gasteiger partial charge < -0.3 is 14.7 Å². The molecule has 0 radical (unpaired) electrons. The van der Waals surface area contributed by atoms with Gasteiger partial charge in [0.15, 0.2) is 0 Å². The summed E-state index contributed by atoms with van der Waals surface area (Å²) in [6.45, 7) is -2.98. The quantitative estimate of drug-likeness (QED) is 0.899. The maximum Gasteiger partial charge on any atom is 0.307 e. The maximum atomic E-state index is 11.3. The normalized spacial score (nSPS) is 21.3. The van der Waals surface area contributed by atoms with Gasteiger partial charge in [0.05, 0.1) is 13.3 Å². The number of nitrogens with zero attached hydrogens (tertiary/aromatic N) is 1. The Bertz CT molecular complexity index is 1210. The highest BCUT2D eigenvalue weighted by Gasteiger charge is 2.19. The highest BCUT2D eigenvalue weighted by molar-refractivity contribution is 5.85. The molecular weight excluding hydrogens is 314 g/mol. The molecule has 0 amide bonds. The number of aliphatic carboxylic acids is 1. The van der Waals surface area contributed by atoms with E-state index in [0.29, 0.717) is 5.56 Å². The van der Waals surface area contributed by atoms with Crippen LogP contribution in [0.15, 0.2) is 48.4 Å². The van der Waals surface area contributed by atoms with E-state index in [4.69, 9.17) is 17.1 Å². The van der Waals surface area contributed by atoms with Crippen molar-refractivity contribution in [1.82, 2.24) is 4.90 Å². The lowest BCUT2D eigenvalue weighted by molar-refractivity contribution is -0.136. The van der Waals surface area contributed by atoms with Gasteiger partial charge in [-0.25, -0.2) is 0 Å². The van der Waals surface area contributed by atoms with Gasteiger partial charge in [0.25, 0.3) is 0 Å². The molecule has 3 rings (SSSR count). The lowest BCUT2D eigenvalue weighted by atomic mass is 9.92. The van der Waals surface area contributed by atoms with Crippen molar-refractivity contribution in [2.75, 3.05) is 20.6 Å². The van der Waals surface area contributed by atoms with Crippen LogP contribution in [-0.2, 0) is 17.8 Å². The number of carbonyl (C=O) groups is 1. The lowest BCUT2D eigenvalue weighted by Gasteiger charge is -2.13. The molecule has 25 heavy (non-hydrogen) atoms. The summed E-state index contributed by atoms with van der Waals surface area (Å²) < 4.78 is 81.1. The van der Waals surface area contributed by atoms with Crippen molar-refractivity contribution in [1.29, 1.82) is 0 Å². The summed E-state index contributed by atoms with van der Waals surface area (Å²) in [5.74, 6) is -1.02. The van der Waals surface area contributed by atoms with Crippen LogP contribution in [0.2, 0.25) is 0 Å². The molecule has 1 aliphatic rings. The maximum absolute atomic E-state index is 11.3. The number of benzene rings is 2. The van der Waals surface area contributed by atoms with Gasteiger partial charge in [-0.3, -0.25) is 4.79 Å². The molecule has 4 heteroatoms. The second kappa shape index (κ2) is 7.53. The molecule has 0 fully saturated rings. The SMILES string of the molecule is [2H]/C(=C1/c2cc(CC(=O)O)ccc2OCc2c([2H])c([2H])c([2H])c([2H])c21)C([2H])([2H])C([2H])([2H])N(C)C. The molecule has 0 spiro atoms. The number of ether oxygens (including phenoxy) is 1. The molecule has 130 valence electrons. The fraction of sp³-hybridized carbons (Fsp3) is 0.286. The van der Waals surface area contributed by atoms with Crippen LogP contribution in [0.3, 0.4) is 0 Å². The fourth-order valence-electron chi connectivity index (χ4n) is 2.46. The summed E-state index contributed by atoms with van der Waals surface area (Å²) in [7, 11) is 2.62. The van der Waals surface area contributed by atoms with Crippen molar-refractivity contribution < 1.29 is 27.0 Å². The number of fused-ring (bicyclic) bond motifs is 2. The third-order valence-corrected chi connectivity index (χ3v) is 3.52. The van der Waals surface area contributed by atoms with E-state index in [0.717, 1.165) is 4.90 Å². The number of hydrogen-bond acceptors (Lipinski definition) is 3. The topological polar surface area (TPSA) is 49.8 Å². The van der Waals surface area contributed by atoms with E-state index in [-0.39, 0.29) is 41.0 Å². The Morgan fingerprint density at radius 3 is 2.96 bits per heavy atom. The monoisotopic (exact) mass is 346 g/mol.